The number of nitrogens with one attached hydrogen (secondary N) is 1. The zero-order valence-electron chi connectivity index (χ0n) is 18.3. The summed E-state index contributed by atoms with van der Waals surface area (Å²) in [7, 11) is -3.66. The summed E-state index contributed by atoms with van der Waals surface area (Å²) in [4.78, 5) is 31.6. The minimum Gasteiger partial charge on any atom is -0.454 e. The van der Waals surface area contributed by atoms with Gasteiger partial charge in [-0.15, -0.1) is 0 Å². The van der Waals surface area contributed by atoms with Gasteiger partial charge in [0, 0.05) is 17.6 Å². The molecule has 0 aromatic heterocycles. The van der Waals surface area contributed by atoms with Gasteiger partial charge < -0.3 is 9.64 Å². The molecule has 0 bridgehead atoms. The standard InChI is InChI=1S/C23H31N3O5S/c27-21(26(17-9-3-1-4-10-17)18-11-5-2-6-12-18)16-31-22(28)15-24-23-19-13-7-8-14-20(19)32(29,30)25-23/h7-8,13-14,17-18H,1-6,9-12,15-16H2,(H,24,25). The molecule has 1 heterocycles. The number of sulfonamides is 1. The number of amides is 1. The molecule has 1 N–H and O–H groups in total. The molecule has 9 heteroatoms. The van der Waals surface area contributed by atoms with E-state index >= 15 is 0 Å². The number of benzene rings is 1. The van der Waals surface area contributed by atoms with Crippen molar-refractivity contribution in [3.8, 4) is 0 Å². The summed E-state index contributed by atoms with van der Waals surface area (Å²) in [5, 5.41) is 0. The number of hydrogen-bond acceptors (Lipinski definition) is 6. The largest absolute Gasteiger partial charge is 0.454 e. The molecule has 0 saturated heterocycles. The van der Waals surface area contributed by atoms with Crippen LogP contribution in [-0.2, 0) is 24.3 Å². The van der Waals surface area contributed by atoms with Gasteiger partial charge in [0.25, 0.3) is 15.9 Å². The Hall–Kier alpha value is -2.42. The van der Waals surface area contributed by atoms with E-state index in [0.29, 0.717) is 5.56 Å². The van der Waals surface area contributed by atoms with Crippen molar-refractivity contribution in [3.05, 3.63) is 29.8 Å². The van der Waals surface area contributed by atoms with E-state index in [1.165, 1.54) is 18.9 Å². The lowest BCUT2D eigenvalue weighted by Crippen LogP contribution is -2.50. The Morgan fingerprint density at radius 3 is 2.19 bits per heavy atom. The molecule has 1 aromatic rings. The molecule has 0 radical (unpaired) electrons. The molecule has 2 fully saturated rings. The number of esters is 1. The van der Waals surface area contributed by atoms with Crippen LogP contribution in [0, 0.1) is 0 Å². The van der Waals surface area contributed by atoms with E-state index in [1.54, 1.807) is 18.2 Å². The van der Waals surface area contributed by atoms with Gasteiger partial charge in [0.1, 0.15) is 12.4 Å². The Labute approximate surface area is 189 Å². The maximum atomic E-state index is 13.1. The second-order valence-electron chi connectivity index (χ2n) is 8.81. The second-order valence-corrected chi connectivity index (χ2v) is 10.5. The van der Waals surface area contributed by atoms with Crippen LogP contribution in [0.3, 0.4) is 0 Å². The molecule has 2 aliphatic carbocycles. The quantitative estimate of drug-likeness (QED) is 0.656. The van der Waals surface area contributed by atoms with Gasteiger partial charge in [-0.05, 0) is 37.8 Å². The van der Waals surface area contributed by atoms with Crippen molar-refractivity contribution in [3.63, 3.8) is 0 Å². The van der Waals surface area contributed by atoms with Crippen LogP contribution in [0.25, 0.3) is 0 Å². The maximum absolute atomic E-state index is 13.1. The topological polar surface area (TPSA) is 105 Å². The van der Waals surface area contributed by atoms with Crippen LogP contribution in [0.5, 0.6) is 0 Å². The first-order chi connectivity index (χ1) is 15.5. The fourth-order valence-corrected chi connectivity index (χ4v) is 6.33. The normalized spacial score (nSPS) is 22.2. The van der Waals surface area contributed by atoms with Crippen LogP contribution in [0.2, 0.25) is 0 Å². The number of aliphatic imine (C=N–C) groups is 1. The highest BCUT2D eigenvalue weighted by molar-refractivity contribution is 7.90. The number of carbonyl (C=O) groups is 2. The number of fused-ring (bicyclic) bond motifs is 1. The van der Waals surface area contributed by atoms with Crippen LogP contribution in [0.1, 0.15) is 69.8 Å². The second kappa shape index (κ2) is 10.0. The SMILES string of the molecule is O=C(CN=C1NS(=O)(=O)c2ccccc21)OCC(=O)N(C1CCCCC1)C1CCCCC1. The van der Waals surface area contributed by atoms with Crippen molar-refractivity contribution >= 4 is 27.7 Å². The third-order valence-electron chi connectivity index (χ3n) is 6.61. The Kier molecular flexibility index (Phi) is 7.13. The average Bonchev–Trinajstić information content (AvgIpc) is 3.08. The lowest BCUT2D eigenvalue weighted by Gasteiger charge is -2.41. The van der Waals surface area contributed by atoms with Crippen molar-refractivity contribution in [2.45, 2.75) is 81.2 Å². The van der Waals surface area contributed by atoms with Gasteiger partial charge in [-0.3, -0.25) is 19.3 Å². The van der Waals surface area contributed by atoms with Crippen LogP contribution in [0.4, 0.5) is 0 Å². The molecule has 174 valence electrons. The first-order valence-electron chi connectivity index (χ1n) is 11.6. The van der Waals surface area contributed by atoms with Gasteiger partial charge >= 0.3 is 5.97 Å². The molecular formula is C23H31N3O5S. The van der Waals surface area contributed by atoms with E-state index in [1.807, 2.05) is 4.90 Å². The highest BCUT2D eigenvalue weighted by atomic mass is 32.2. The van der Waals surface area contributed by atoms with Crippen molar-refractivity contribution in [2.24, 2.45) is 4.99 Å². The molecule has 1 amide bonds. The smallest absolute Gasteiger partial charge is 0.328 e. The van der Waals surface area contributed by atoms with Crippen molar-refractivity contribution in [1.82, 2.24) is 9.62 Å². The Morgan fingerprint density at radius 2 is 1.56 bits per heavy atom. The molecule has 4 rings (SSSR count). The summed E-state index contributed by atoms with van der Waals surface area (Å²) < 4.78 is 31.9. The highest BCUT2D eigenvalue weighted by Gasteiger charge is 2.33. The summed E-state index contributed by atoms with van der Waals surface area (Å²) in [6.45, 7) is -0.647. The third-order valence-corrected chi connectivity index (χ3v) is 8.01. The Bertz CT molecular complexity index is 961. The third kappa shape index (κ3) is 5.14. The molecule has 8 nitrogen and oxygen atoms in total. The lowest BCUT2D eigenvalue weighted by atomic mass is 9.88. The Balaban J connectivity index is 1.36. The number of amidine groups is 1. The predicted molar refractivity (Wildman–Crippen MR) is 120 cm³/mol. The van der Waals surface area contributed by atoms with Crippen LogP contribution < -0.4 is 4.72 Å². The van der Waals surface area contributed by atoms with E-state index in [-0.39, 0.29) is 41.9 Å². The lowest BCUT2D eigenvalue weighted by molar-refractivity contribution is -0.154. The minimum absolute atomic E-state index is 0.120. The van der Waals surface area contributed by atoms with Crippen molar-refractivity contribution in [2.75, 3.05) is 13.2 Å². The van der Waals surface area contributed by atoms with Gasteiger partial charge in [-0.1, -0.05) is 50.7 Å². The van der Waals surface area contributed by atoms with Crippen LogP contribution in [0.15, 0.2) is 34.2 Å². The molecule has 2 saturated carbocycles. The molecule has 1 aromatic carbocycles. The monoisotopic (exact) mass is 461 g/mol. The van der Waals surface area contributed by atoms with Crippen LogP contribution in [-0.4, -0.2) is 56.3 Å². The summed E-state index contributed by atoms with van der Waals surface area (Å²) in [6, 6.07) is 6.93. The fourth-order valence-electron chi connectivity index (χ4n) is 5.08. The molecule has 3 aliphatic rings. The molecule has 32 heavy (non-hydrogen) atoms. The van der Waals surface area contributed by atoms with E-state index in [0.717, 1.165) is 51.4 Å². The summed E-state index contributed by atoms with van der Waals surface area (Å²) in [6.07, 6.45) is 11.0. The van der Waals surface area contributed by atoms with Gasteiger partial charge in [0.15, 0.2) is 6.61 Å². The van der Waals surface area contributed by atoms with E-state index < -0.39 is 16.0 Å². The number of nitrogens with zero attached hydrogens (tertiary/aromatic N) is 2. The number of hydrogen-bond donors (Lipinski definition) is 1. The first kappa shape index (κ1) is 22.8. The minimum atomic E-state index is -3.66. The summed E-state index contributed by atoms with van der Waals surface area (Å²) >= 11 is 0. The van der Waals surface area contributed by atoms with Gasteiger partial charge in [-0.25, -0.2) is 8.42 Å². The fraction of sp³-hybridized carbons (Fsp3) is 0.609. The molecule has 1 aliphatic heterocycles. The van der Waals surface area contributed by atoms with E-state index in [4.69, 9.17) is 4.74 Å². The van der Waals surface area contributed by atoms with Crippen molar-refractivity contribution < 1.29 is 22.7 Å². The van der Waals surface area contributed by atoms with Gasteiger partial charge in [-0.2, -0.15) is 0 Å². The maximum Gasteiger partial charge on any atom is 0.328 e. The number of carbonyl (C=O) groups excluding carboxylic acids is 2. The first-order valence-corrected chi connectivity index (χ1v) is 13.1. The van der Waals surface area contributed by atoms with E-state index in [2.05, 4.69) is 9.71 Å². The molecule has 0 unspecified atom stereocenters. The zero-order valence-corrected chi connectivity index (χ0v) is 19.1. The van der Waals surface area contributed by atoms with Gasteiger partial charge in [0.05, 0.1) is 4.90 Å². The van der Waals surface area contributed by atoms with Crippen molar-refractivity contribution in [1.29, 1.82) is 0 Å². The number of ether oxygens (including phenoxy) is 1. The zero-order chi connectivity index (χ0) is 22.6. The molecule has 0 atom stereocenters. The van der Waals surface area contributed by atoms with E-state index in [9.17, 15) is 18.0 Å². The molecule has 0 spiro atoms. The highest BCUT2D eigenvalue weighted by Crippen LogP contribution is 2.30. The summed E-state index contributed by atoms with van der Waals surface area (Å²) in [5.74, 6) is -0.659. The average molecular weight is 462 g/mol. The Morgan fingerprint density at radius 1 is 0.969 bits per heavy atom. The number of rotatable bonds is 6. The predicted octanol–water partition coefficient (Wildman–Crippen LogP) is 2.76. The van der Waals surface area contributed by atoms with Gasteiger partial charge in [0.2, 0.25) is 0 Å². The van der Waals surface area contributed by atoms with Crippen LogP contribution >= 0.6 is 0 Å². The molecular weight excluding hydrogens is 430 g/mol. The summed E-state index contributed by atoms with van der Waals surface area (Å²) in [5.41, 5.74) is 0.428.